The van der Waals surface area contributed by atoms with Crippen LogP contribution in [0.3, 0.4) is 0 Å². The van der Waals surface area contributed by atoms with Gasteiger partial charge in [0.1, 0.15) is 11.5 Å². The van der Waals surface area contributed by atoms with Crippen LogP contribution in [0.4, 0.5) is 5.69 Å². The first-order valence-corrected chi connectivity index (χ1v) is 10.2. The van der Waals surface area contributed by atoms with Crippen LogP contribution in [0.2, 0.25) is 0 Å². The molecule has 2 aromatic rings. The predicted molar refractivity (Wildman–Crippen MR) is 121 cm³/mol. The van der Waals surface area contributed by atoms with Crippen LogP contribution in [-0.2, 0) is 4.79 Å². The molecular weight excluding hydrogens is 366 g/mol. The van der Waals surface area contributed by atoms with E-state index in [0.29, 0.717) is 17.4 Å². The number of amides is 1. The van der Waals surface area contributed by atoms with Gasteiger partial charge in [0.25, 0.3) is 0 Å². The van der Waals surface area contributed by atoms with Gasteiger partial charge in [-0.15, -0.1) is 0 Å². The lowest BCUT2D eigenvalue weighted by molar-refractivity contribution is -0.111. The molecule has 0 radical (unpaired) electrons. The predicted octanol–water partition coefficient (Wildman–Crippen LogP) is 6.93. The molecule has 0 spiro atoms. The Labute approximate surface area is 174 Å². The number of furan rings is 1. The van der Waals surface area contributed by atoms with Gasteiger partial charge in [0.05, 0.1) is 5.56 Å². The second-order valence-corrected chi connectivity index (χ2v) is 6.48. The van der Waals surface area contributed by atoms with Crippen LogP contribution in [0.5, 0.6) is 0 Å². The summed E-state index contributed by atoms with van der Waals surface area (Å²) in [7, 11) is 0. The van der Waals surface area contributed by atoms with Crippen molar-refractivity contribution >= 4 is 23.6 Å². The van der Waals surface area contributed by atoms with Crippen molar-refractivity contribution in [3.63, 3.8) is 0 Å². The molecule has 5 nitrogen and oxygen atoms in total. The minimum atomic E-state index is -1.00. The Bertz CT molecular complexity index is 758. The van der Waals surface area contributed by atoms with Gasteiger partial charge in [-0.1, -0.05) is 55.4 Å². The Morgan fingerprint density at radius 3 is 1.93 bits per heavy atom. The summed E-state index contributed by atoms with van der Waals surface area (Å²) in [4.78, 5) is 22.8. The number of benzene rings is 1. The van der Waals surface area contributed by atoms with Crippen molar-refractivity contribution in [3.8, 4) is 0 Å². The molecule has 0 aliphatic heterocycles. The van der Waals surface area contributed by atoms with E-state index in [9.17, 15) is 9.59 Å². The van der Waals surface area contributed by atoms with E-state index in [1.807, 2.05) is 33.8 Å². The standard InChI is InChI=1S/C20H23NO4.2C2H6/c1-12(2)17-11-16(25-19(17)13(3)4)9-10-18(22)21-15-7-5-14(6-8-15)20(23)24;2*1-2/h5-13H,1-4H3,(H,21,22)(H,23,24);2*1-2H3/b10-9+;;. The molecule has 0 saturated heterocycles. The Balaban J connectivity index is 0.00000184. The van der Waals surface area contributed by atoms with E-state index in [2.05, 4.69) is 33.0 Å². The van der Waals surface area contributed by atoms with Gasteiger partial charge < -0.3 is 14.8 Å². The van der Waals surface area contributed by atoms with Gasteiger partial charge in [-0.25, -0.2) is 4.79 Å². The van der Waals surface area contributed by atoms with Gasteiger partial charge >= 0.3 is 5.97 Å². The molecule has 160 valence electrons. The molecule has 0 aliphatic rings. The molecule has 5 heteroatoms. The molecule has 1 aromatic heterocycles. The van der Waals surface area contributed by atoms with Crippen LogP contribution in [0.1, 0.15) is 94.7 Å². The van der Waals surface area contributed by atoms with E-state index < -0.39 is 5.97 Å². The van der Waals surface area contributed by atoms with E-state index in [0.717, 1.165) is 11.3 Å². The lowest BCUT2D eigenvalue weighted by atomic mass is 9.98. The number of nitrogens with one attached hydrogen (secondary N) is 1. The van der Waals surface area contributed by atoms with Gasteiger partial charge in [-0.3, -0.25) is 4.79 Å². The highest BCUT2D eigenvalue weighted by Crippen LogP contribution is 2.30. The molecule has 1 aromatic carbocycles. The van der Waals surface area contributed by atoms with Crippen molar-refractivity contribution in [1.82, 2.24) is 0 Å². The third-order valence-corrected chi connectivity index (χ3v) is 3.75. The second kappa shape index (κ2) is 13.4. The molecule has 1 heterocycles. The van der Waals surface area contributed by atoms with E-state index in [-0.39, 0.29) is 17.4 Å². The summed E-state index contributed by atoms with van der Waals surface area (Å²) in [5.74, 6) is 0.906. The molecule has 2 rings (SSSR count). The maximum Gasteiger partial charge on any atom is 0.335 e. The number of aromatic carboxylic acids is 1. The van der Waals surface area contributed by atoms with Gasteiger partial charge in [0, 0.05) is 17.7 Å². The van der Waals surface area contributed by atoms with E-state index in [1.165, 1.54) is 18.2 Å². The fourth-order valence-corrected chi connectivity index (χ4v) is 2.46. The van der Waals surface area contributed by atoms with Gasteiger partial charge in [0.15, 0.2) is 0 Å². The molecule has 0 bridgehead atoms. The van der Waals surface area contributed by atoms with E-state index in [4.69, 9.17) is 9.52 Å². The quantitative estimate of drug-likeness (QED) is 0.514. The normalized spacial score (nSPS) is 10.3. The Kier molecular flexibility index (Phi) is 12.1. The third kappa shape index (κ3) is 8.38. The van der Waals surface area contributed by atoms with Crippen LogP contribution in [0.25, 0.3) is 6.08 Å². The number of carbonyl (C=O) groups is 2. The molecule has 0 fully saturated rings. The van der Waals surface area contributed by atoms with Crippen LogP contribution >= 0.6 is 0 Å². The van der Waals surface area contributed by atoms with E-state index in [1.54, 1.807) is 18.2 Å². The first kappa shape index (κ1) is 26.2. The van der Waals surface area contributed by atoms with Crippen molar-refractivity contribution < 1.29 is 19.1 Å². The van der Waals surface area contributed by atoms with Crippen LogP contribution in [0.15, 0.2) is 40.8 Å². The summed E-state index contributed by atoms with van der Waals surface area (Å²) in [6.07, 6.45) is 3.04. The topological polar surface area (TPSA) is 79.5 Å². The smallest absolute Gasteiger partial charge is 0.335 e. The SMILES string of the molecule is CC.CC.CC(C)c1cc(/C=C/C(=O)Nc2ccc(C(=O)O)cc2)oc1C(C)C. The second-order valence-electron chi connectivity index (χ2n) is 6.48. The van der Waals surface area contributed by atoms with Crippen molar-refractivity contribution in [2.24, 2.45) is 0 Å². The fourth-order valence-electron chi connectivity index (χ4n) is 2.46. The maximum absolute atomic E-state index is 12.0. The summed E-state index contributed by atoms with van der Waals surface area (Å²) in [5.41, 5.74) is 1.86. The Morgan fingerprint density at radius 2 is 1.52 bits per heavy atom. The first-order chi connectivity index (χ1) is 13.8. The van der Waals surface area contributed by atoms with Crippen molar-refractivity contribution in [2.45, 2.75) is 67.2 Å². The van der Waals surface area contributed by atoms with Crippen molar-refractivity contribution in [1.29, 1.82) is 0 Å². The van der Waals surface area contributed by atoms with E-state index >= 15 is 0 Å². The van der Waals surface area contributed by atoms with Crippen molar-refractivity contribution in [2.75, 3.05) is 5.32 Å². The highest BCUT2D eigenvalue weighted by molar-refractivity contribution is 6.02. The molecule has 0 unspecified atom stereocenters. The highest BCUT2D eigenvalue weighted by atomic mass is 16.4. The molecule has 2 N–H and O–H groups in total. The van der Waals surface area contributed by atoms with Gasteiger partial charge in [-0.05, 0) is 47.9 Å². The zero-order valence-corrected chi connectivity index (χ0v) is 18.9. The lowest BCUT2D eigenvalue weighted by Gasteiger charge is -2.07. The molecular formula is C24H35NO4. The summed E-state index contributed by atoms with van der Waals surface area (Å²) in [6.45, 7) is 16.4. The number of anilines is 1. The fraction of sp³-hybridized carbons (Fsp3) is 0.417. The first-order valence-electron chi connectivity index (χ1n) is 10.2. The summed E-state index contributed by atoms with van der Waals surface area (Å²) in [6, 6.07) is 7.95. The van der Waals surface area contributed by atoms with Crippen LogP contribution < -0.4 is 5.32 Å². The Morgan fingerprint density at radius 1 is 0.966 bits per heavy atom. The monoisotopic (exact) mass is 401 g/mol. The van der Waals surface area contributed by atoms with Crippen molar-refractivity contribution in [3.05, 3.63) is 59.1 Å². The number of rotatable bonds is 6. The molecule has 29 heavy (non-hydrogen) atoms. The number of hydrogen-bond acceptors (Lipinski definition) is 3. The minimum absolute atomic E-state index is 0.173. The van der Waals surface area contributed by atoms with Crippen LogP contribution in [0, 0.1) is 0 Å². The molecule has 0 atom stereocenters. The number of carbonyl (C=O) groups excluding carboxylic acids is 1. The average molecular weight is 402 g/mol. The number of carboxylic acid groups (broad SMARTS) is 1. The largest absolute Gasteiger partial charge is 0.478 e. The molecule has 1 amide bonds. The van der Waals surface area contributed by atoms with Crippen LogP contribution in [-0.4, -0.2) is 17.0 Å². The zero-order valence-electron chi connectivity index (χ0n) is 18.9. The summed E-state index contributed by atoms with van der Waals surface area (Å²) in [5, 5.41) is 11.5. The third-order valence-electron chi connectivity index (χ3n) is 3.75. The minimum Gasteiger partial charge on any atom is -0.478 e. The lowest BCUT2D eigenvalue weighted by Crippen LogP contribution is -2.08. The highest BCUT2D eigenvalue weighted by Gasteiger charge is 2.15. The maximum atomic E-state index is 12.0. The summed E-state index contributed by atoms with van der Waals surface area (Å²) >= 11 is 0. The molecule has 0 saturated carbocycles. The van der Waals surface area contributed by atoms with Gasteiger partial charge in [0.2, 0.25) is 5.91 Å². The number of carboxylic acids is 1. The summed E-state index contributed by atoms with van der Waals surface area (Å²) < 4.78 is 5.85. The zero-order chi connectivity index (χ0) is 22.6. The Hall–Kier alpha value is -2.82. The number of hydrogen-bond donors (Lipinski definition) is 2. The average Bonchev–Trinajstić information content (AvgIpc) is 3.15. The molecule has 0 aliphatic carbocycles. The van der Waals surface area contributed by atoms with Gasteiger partial charge in [-0.2, -0.15) is 0 Å².